The van der Waals surface area contributed by atoms with Gasteiger partial charge >= 0.3 is 0 Å². The topological polar surface area (TPSA) is 58.1 Å². The highest BCUT2D eigenvalue weighted by molar-refractivity contribution is 7.10. The third-order valence-corrected chi connectivity index (χ3v) is 5.60. The maximum absolute atomic E-state index is 5.50. The minimum Gasteiger partial charge on any atom is -0.381 e. The van der Waals surface area contributed by atoms with E-state index >= 15 is 0 Å². The molecule has 0 radical (unpaired) electrons. The van der Waals surface area contributed by atoms with Crippen molar-refractivity contribution in [3.05, 3.63) is 22.4 Å². The molecule has 0 aliphatic carbocycles. The van der Waals surface area contributed by atoms with E-state index in [4.69, 9.17) is 9.47 Å². The van der Waals surface area contributed by atoms with Crippen LogP contribution in [0.1, 0.15) is 17.3 Å². The lowest BCUT2D eigenvalue weighted by atomic mass is 10.1. The quantitative estimate of drug-likeness (QED) is 0.597. The van der Waals surface area contributed by atoms with Gasteiger partial charge in [0.2, 0.25) is 0 Å². The van der Waals surface area contributed by atoms with Gasteiger partial charge in [0.25, 0.3) is 0 Å². The van der Waals surface area contributed by atoms with Gasteiger partial charge in [-0.3, -0.25) is 9.89 Å². The van der Waals surface area contributed by atoms with Crippen LogP contribution in [0.5, 0.6) is 0 Å². The lowest BCUT2D eigenvalue weighted by Crippen LogP contribution is -2.46. The van der Waals surface area contributed by atoms with Gasteiger partial charge in [-0.1, -0.05) is 6.07 Å². The van der Waals surface area contributed by atoms with Gasteiger partial charge in [0.15, 0.2) is 5.96 Å². The minimum absolute atomic E-state index is 0.363. The van der Waals surface area contributed by atoms with E-state index in [0.717, 1.165) is 65.0 Å². The van der Waals surface area contributed by atoms with Crippen LogP contribution in [-0.4, -0.2) is 70.5 Å². The summed E-state index contributed by atoms with van der Waals surface area (Å²) in [5.41, 5.74) is 0. The highest BCUT2D eigenvalue weighted by atomic mass is 32.1. The first kappa shape index (κ1) is 17.7. The molecule has 2 N–H and O–H groups in total. The standard InChI is InChI=1S/C17H28N4O2S/c1-18-17(19-11-14-4-7-23-13-14)20-12-15(16-3-2-10-24-16)21-5-8-22-9-6-21/h2-3,10,14-15H,4-9,11-13H2,1H3,(H2,18,19,20). The molecule has 0 spiro atoms. The molecule has 2 atom stereocenters. The molecule has 3 heterocycles. The van der Waals surface area contributed by atoms with Gasteiger partial charge in [-0.15, -0.1) is 11.3 Å². The molecule has 6 nitrogen and oxygen atoms in total. The molecule has 2 aliphatic heterocycles. The number of ether oxygens (including phenoxy) is 2. The Morgan fingerprint density at radius 2 is 2.21 bits per heavy atom. The summed E-state index contributed by atoms with van der Waals surface area (Å²) in [6.07, 6.45) is 1.13. The number of thiophene rings is 1. The number of nitrogens with one attached hydrogen (secondary N) is 2. The Morgan fingerprint density at radius 3 is 2.88 bits per heavy atom. The Hall–Kier alpha value is -1.15. The predicted octanol–water partition coefficient (Wildman–Crippen LogP) is 1.32. The van der Waals surface area contributed by atoms with E-state index in [2.05, 4.69) is 38.0 Å². The fourth-order valence-corrected chi connectivity index (χ4v) is 4.04. The third kappa shape index (κ3) is 4.92. The van der Waals surface area contributed by atoms with E-state index in [0.29, 0.717) is 12.0 Å². The third-order valence-electron chi connectivity index (χ3n) is 4.63. The van der Waals surface area contributed by atoms with Gasteiger partial charge in [-0.2, -0.15) is 0 Å². The number of hydrogen-bond acceptors (Lipinski definition) is 5. The molecule has 24 heavy (non-hydrogen) atoms. The van der Waals surface area contributed by atoms with Crippen molar-refractivity contribution in [2.45, 2.75) is 12.5 Å². The number of rotatable bonds is 6. The van der Waals surface area contributed by atoms with Gasteiger partial charge in [-0.25, -0.2) is 0 Å². The largest absolute Gasteiger partial charge is 0.381 e. The van der Waals surface area contributed by atoms with Crippen molar-refractivity contribution in [3.8, 4) is 0 Å². The molecular weight excluding hydrogens is 324 g/mol. The summed E-state index contributed by atoms with van der Waals surface area (Å²) in [7, 11) is 1.83. The van der Waals surface area contributed by atoms with Crippen LogP contribution < -0.4 is 10.6 Å². The molecule has 2 saturated heterocycles. The van der Waals surface area contributed by atoms with Gasteiger partial charge < -0.3 is 20.1 Å². The number of guanidine groups is 1. The number of aliphatic imine (C=N–C) groups is 1. The molecule has 1 aromatic rings. The highest BCUT2D eigenvalue weighted by Crippen LogP contribution is 2.25. The van der Waals surface area contributed by atoms with E-state index in [1.807, 2.05) is 18.4 Å². The van der Waals surface area contributed by atoms with E-state index in [1.165, 1.54) is 4.88 Å². The van der Waals surface area contributed by atoms with Crippen molar-refractivity contribution in [1.82, 2.24) is 15.5 Å². The summed E-state index contributed by atoms with van der Waals surface area (Å²) in [5.74, 6) is 1.47. The molecule has 0 bridgehead atoms. The molecule has 7 heteroatoms. The molecule has 2 fully saturated rings. The Morgan fingerprint density at radius 1 is 1.33 bits per heavy atom. The fourth-order valence-electron chi connectivity index (χ4n) is 3.18. The van der Waals surface area contributed by atoms with Gasteiger partial charge in [-0.05, 0) is 17.9 Å². The first-order valence-corrected chi connectivity index (χ1v) is 9.62. The van der Waals surface area contributed by atoms with Crippen molar-refractivity contribution >= 4 is 17.3 Å². The number of nitrogens with zero attached hydrogens (tertiary/aromatic N) is 2. The van der Waals surface area contributed by atoms with E-state index < -0.39 is 0 Å². The van der Waals surface area contributed by atoms with Gasteiger partial charge in [0.1, 0.15) is 0 Å². The molecular formula is C17H28N4O2S. The Bertz CT molecular complexity index is 497. The Kier molecular flexibility index (Phi) is 6.89. The van der Waals surface area contributed by atoms with Crippen LogP contribution >= 0.6 is 11.3 Å². The summed E-state index contributed by atoms with van der Waals surface area (Å²) in [6.45, 7) is 7.10. The van der Waals surface area contributed by atoms with E-state index in [1.54, 1.807) is 0 Å². The second-order valence-electron chi connectivity index (χ2n) is 6.24. The average Bonchev–Trinajstić information content (AvgIpc) is 3.32. The van der Waals surface area contributed by atoms with Crippen LogP contribution in [0.4, 0.5) is 0 Å². The molecule has 1 aromatic heterocycles. The molecule has 134 valence electrons. The first-order valence-electron chi connectivity index (χ1n) is 8.74. The van der Waals surface area contributed by atoms with Crippen molar-refractivity contribution in [1.29, 1.82) is 0 Å². The summed E-state index contributed by atoms with van der Waals surface area (Å²) in [5, 5.41) is 9.08. The maximum Gasteiger partial charge on any atom is 0.191 e. The minimum atomic E-state index is 0.363. The van der Waals surface area contributed by atoms with Crippen LogP contribution in [0.3, 0.4) is 0 Å². The summed E-state index contributed by atoms with van der Waals surface area (Å²) >= 11 is 1.82. The molecule has 0 saturated carbocycles. The van der Waals surface area contributed by atoms with Gasteiger partial charge in [0, 0.05) is 50.6 Å². The van der Waals surface area contributed by atoms with E-state index in [9.17, 15) is 0 Å². The average molecular weight is 353 g/mol. The van der Waals surface area contributed by atoms with Crippen LogP contribution in [0, 0.1) is 5.92 Å². The van der Waals surface area contributed by atoms with Crippen molar-refractivity contribution in [2.24, 2.45) is 10.9 Å². The van der Waals surface area contributed by atoms with Crippen molar-refractivity contribution in [2.75, 3.05) is 59.7 Å². The van der Waals surface area contributed by atoms with Crippen LogP contribution in [0.2, 0.25) is 0 Å². The fraction of sp³-hybridized carbons (Fsp3) is 0.706. The van der Waals surface area contributed by atoms with Crippen molar-refractivity contribution < 1.29 is 9.47 Å². The predicted molar refractivity (Wildman–Crippen MR) is 97.7 cm³/mol. The lowest BCUT2D eigenvalue weighted by molar-refractivity contribution is 0.0177. The van der Waals surface area contributed by atoms with Crippen molar-refractivity contribution in [3.63, 3.8) is 0 Å². The second-order valence-corrected chi connectivity index (χ2v) is 7.22. The highest BCUT2D eigenvalue weighted by Gasteiger charge is 2.24. The zero-order valence-corrected chi connectivity index (χ0v) is 15.2. The Labute approximate surface area is 148 Å². The Balaban J connectivity index is 1.53. The van der Waals surface area contributed by atoms with Crippen LogP contribution in [0.15, 0.2) is 22.5 Å². The monoisotopic (exact) mass is 352 g/mol. The summed E-state index contributed by atoms with van der Waals surface area (Å²) in [4.78, 5) is 8.25. The lowest BCUT2D eigenvalue weighted by Gasteiger charge is -2.34. The molecule has 2 unspecified atom stereocenters. The molecule has 3 rings (SSSR count). The maximum atomic E-state index is 5.50. The van der Waals surface area contributed by atoms with E-state index in [-0.39, 0.29) is 0 Å². The zero-order chi connectivity index (χ0) is 16.6. The first-order chi connectivity index (χ1) is 11.9. The molecule has 0 amide bonds. The van der Waals surface area contributed by atoms with Crippen LogP contribution in [0.25, 0.3) is 0 Å². The number of morpholine rings is 1. The smallest absolute Gasteiger partial charge is 0.191 e. The molecule has 0 aromatic carbocycles. The summed E-state index contributed by atoms with van der Waals surface area (Å²) in [6, 6.07) is 4.71. The SMILES string of the molecule is CN=C(NCC1CCOC1)NCC(c1cccs1)N1CCOCC1. The normalized spacial score (nSPS) is 24.0. The number of hydrogen-bond donors (Lipinski definition) is 2. The van der Waals surface area contributed by atoms with Crippen LogP contribution in [-0.2, 0) is 9.47 Å². The zero-order valence-electron chi connectivity index (χ0n) is 14.4. The summed E-state index contributed by atoms with van der Waals surface area (Å²) < 4.78 is 10.9. The second kappa shape index (κ2) is 9.36. The van der Waals surface area contributed by atoms with Gasteiger partial charge in [0.05, 0.1) is 25.9 Å². The molecule has 2 aliphatic rings.